The van der Waals surface area contributed by atoms with Gasteiger partial charge in [0.05, 0.1) is 0 Å². The zero-order valence-corrected chi connectivity index (χ0v) is 11.3. The predicted octanol–water partition coefficient (Wildman–Crippen LogP) is 2.59. The molecule has 16 heavy (non-hydrogen) atoms. The minimum Gasteiger partial charge on any atom is -0.507 e. The summed E-state index contributed by atoms with van der Waals surface area (Å²) in [5.74, 6) is 0.377. The summed E-state index contributed by atoms with van der Waals surface area (Å²) in [6.45, 7) is 4.22. The van der Waals surface area contributed by atoms with E-state index < -0.39 is 0 Å². The third-order valence-corrected chi connectivity index (χ3v) is 2.82. The molecule has 0 spiro atoms. The molecule has 0 saturated heterocycles. The van der Waals surface area contributed by atoms with Crippen LogP contribution < -0.4 is 5.32 Å². The molecule has 0 unspecified atom stereocenters. The second kappa shape index (κ2) is 6.89. The Kier molecular flexibility index (Phi) is 5.80. The third kappa shape index (κ3) is 4.12. The van der Waals surface area contributed by atoms with Crippen LogP contribution >= 0.6 is 15.9 Å². The fourth-order valence-corrected chi connectivity index (χ4v) is 2.12. The summed E-state index contributed by atoms with van der Waals surface area (Å²) >= 11 is 3.42. The molecular weight excluding hydrogens is 270 g/mol. The molecule has 0 aliphatic carbocycles. The smallest absolute Gasteiger partial charge is 0.123 e. The van der Waals surface area contributed by atoms with Crippen molar-refractivity contribution in [3.8, 4) is 5.75 Å². The van der Waals surface area contributed by atoms with E-state index >= 15 is 0 Å². The standard InChI is InChI=1S/C12H18BrNO2/c1-9-6-11(13)7-10(12(9)15)8-14-4-3-5-16-2/h6-7,14-15H,3-5,8H2,1-2H3. The van der Waals surface area contributed by atoms with Gasteiger partial charge in [-0.2, -0.15) is 0 Å². The van der Waals surface area contributed by atoms with E-state index in [-0.39, 0.29) is 0 Å². The number of rotatable bonds is 6. The lowest BCUT2D eigenvalue weighted by Gasteiger charge is -2.09. The van der Waals surface area contributed by atoms with Gasteiger partial charge < -0.3 is 15.2 Å². The first-order valence-corrected chi connectivity index (χ1v) is 6.12. The van der Waals surface area contributed by atoms with Gasteiger partial charge in [0, 0.05) is 30.3 Å². The van der Waals surface area contributed by atoms with E-state index in [1.807, 2.05) is 19.1 Å². The van der Waals surface area contributed by atoms with E-state index in [2.05, 4.69) is 21.2 Å². The normalized spacial score (nSPS) is 10.7. The molecule has 0 radical (unpaired) electrons. The lowest BCUT2D eigenvalue weighted by Crippen LogP contribution is -2.16. The molecule has 0 saturated carbocycles. The van der Waals surface area contributed by atoms with Crippen molar-refractivity contribution in [2.75, 3.05) is 20.3 Å². The predicted molar refractivity (Wildman–Crippen MR) is 68.7 cm³/mol. The van der Waals surface area contributed by atoms with Crippen LogP contribution in [0.5, 0.6) is 5.75 Å². The Balaban J connectivity index is 2.47. The van der Waals surface area contributed by atoms with Gasteiger partial charge in [0.2, 0.25) is 0 Å². The van der Waals surface area contributed by atoms with Crippen LogP contribution in [0.4, 0.5) is 0 Å². The number of hydrogen-bond donors (Lipinski definition) is 2. The lowest BCUT2D eigenvalue weighted by atomic mass is 10.1. The van der Waals surface area contributed by atoms with Crippen molar-refractivity contribution in [1.82, 2.24) is 5.32 Å². The third-order valence-electron chi connectivity index (χ3n) is 2.36. The van der Waals surface area contributed by atoms with Crippen LogP contribution in [0.2, 0.25) is 0 Å². The van der Waals surface area contributed by atoms with Gasteiger partial charge in [-0.15, -0.1) is 0 Å². The number of phenolic OH excluding ortho intramolecular Hbond substituents is 1. The Morgan fingerprint density at radius 2 is 2.19 bits per heavy atom. The molecule has 0 aliphatic rings. The van der Waals surface area contributed by atoms with E-state index in [9.17, 15) is 5.11 Å². The molecule has 0 aromatic heterocycles. The Morgan fingerprint density at radius 1 is 1.44 bits per heavy atom. The fraction of sp³-hybridized carbons (Fsp3) is 0.500. The quantitative estimate of drug-likeness (QED) is 0.791. The molecule has 3 nitrogen and oxygen atoms in total. The first-order valence-electron chi connectivity index (χ1n) is 5.32. The van der Waals surface area contributed by atoms with Crippen molar-refractivity contribution < 1.29 is 9.84 Å². The van der Waals surface area contributed by atoms with Gasteiger partial charge in [-0.25, -0.2) is 0 Å². The van der Waals surface area contributed by atoms with Gasteiger partial charge in [-0.1, -0.05) is 15.9 Å². The van der Waals surface area contributed by atoms with E-state index in [0.717, 1.165) is 35.2 Å². The first kappa shape index (κ1) is 13.5. The van der Waals surface area contributed by atoms with Crippen LogP contribution in [-0.2, 0) is 11.3 Å². The maximum absolute atomic E-state index is 9.84. The topological polar surface area (TPSA) is 41.5 Å². The van der Waals surface area contributed by atoms with Crippen molar-refractivity contribution in [2.45, 2.75) is 19.9 Å². The minimum atomic E-state index is 0.377. The summed E-state index contributed by atoms with van der Waals surface area (Å²) in [5.41, 5.74) is 1.81. The number of methoxy groups -OCH3 is 1. The summed E-state index contributed by atoms with van der Waals surface area (Å²) < 4.78 is 5.96. The number of nitrogens with one attached hydrogen (secondary N) is 1. The Bertz CT molecular complexity index is 342. The second-order valence-electron chi connectivity index (χ2n) is 3.75. The molecule has 0 aliphatic heterocycles. The lowest BCUT2D eigenvalue weighted by molar-refractivity contribution is 0.194. The second-order valence-corrected chi connectivity index (χ2v) is 4.67. The summed E-state index contributed by atoms with van der Waals surface area (Å²) in [6.07, 6.45) is 0.976. The molecule has 4 heteroatoms. The van der Waals surface area contributed by atoms with E-state index in [1.165, 1.54) is 0 Å². The van der Waals surface area contributed by atoms with E-state index in [4.69, 9.17) is 4.74 Å². The molecule has 1 aromatic carbocycles. The van der Waals surface area contributed by atoms with Crippen LogP contribution in [0.25, 0.3) is 0 Å². The monoisotopic (exact) mass is 287 g/mol. The molecule has 0 atom stereocenters. The number of phenols is 1. The van der Waals surface area contributed by atoms with Crippen molar-refractivity contribution in [1.29, 1.82) is 0 Å². The SMILES string of the molecule is COCCCNCc1cc(Br)cc(C)c1O. The van der Waals surface area contributed by atoms with Crippen LogP contribution in [0, 0.1) is 6.92 Å². The number of hydrogen-bond acceptors (Lipinski definition) is 3. The summed E-state index contributed by atoms with van der Waals surface area (Å²) in [4.78, 5) is 0. The van der Waals surface area contributed by atoms with Crippen molar-refractivity contribution in [3.63, 3.8) is 0 Å². The average molecular weight is 288 g/mol. The van der Waals surface area contributed by atoms with Gasteiger partial charge in [-0.05, 0) is 37.6 Å². The van der Waals surface area contributed by atoms with Crippen molar-refractivity contribution in [3.05, 3.63) is 27.7 Å². The highest BCUT2D eigenvalue weighted by atomic mass is 79.9. The highest BCUT2D eigenvalue weighted by Gasteiger charge is 2.05. The average Bonchev–Trinajstić information content (AvgIpc) is 2.24. The van der Waals surface area contributed by atoms with E-state index in [0.29, 0.717) is 12.3 Å². The highest BCUT2D eigenvalue weighted by molar-refractivity contribution is 9.10. The summed E-state index contributed by atoms with van der Waals surface area (Å²) in [5, 5.41) is 13.1. The van der Waals surface area contributed by atoms with Gasteiger partial charge in [-0.3, -0.25) is 0 Å². The molecular formula is C12H18BrNO2. The van der Waals surface area contributed by atoms with Crippen molar-refractivity contribution in [2.24, 2.45) is 0 Å². The fourth-order valence-electron chi connectivity index (χ4n) is 1.50. The molecule has 0 bridgehead atoms. The van der Waals surface area contributed by atoms with Crippen molar-refractivity contribution >= 4 is 15.9 Å². The molecule has 90 valence electrons. The molecule has 1 aromatic rings. The van der Waals surface area contributed by atoms with Gasteiger partial charge >= 0.3 is 0 Å². The zero-order chi connectivity index (χ0) is 12.0. The van der Waals surface area contributed by atoms with Gasteiger partial charge in [0.15, 0.2) is 0 Å². The number of aromatic hydroxyl groups is 1. The molecule has 2 N–H and O–H groups in total. The van der Waals surface area contributed by atoms with Gasteiger partial charge in [0.1, 0.15) is 5.75 Å². The first-order chi connectivity index (χ1) is 7.65. The van der Waals surface area contributed by atoms with Crippen LogP contribution in [0.1, 0.15) is 17.5 Å². The summed E-state index contributed by atoms with van der Waals surface area (Å²) in [6, 6.07) is 3.84. The van der Waals surface area contributed by atoms with Crippen LogP contribution in [0.15, 0.2) is 16.6 Å². The summed E-state index contributed by atoms with van der Waals surface area (Å²) in [7, 11) is 1.70. The largest absolute Gasteiger partial charge is 0.507 e. The minimum absolute atomic E-state index is 0.377. The molecule has 1 rings (SSSR count). The van der Waals surface area contributed by atoms with E-state index in [1.54, 1.807) is 7.11 Å². The number of aryl methyl sites for hydroxylation is 1. The Hall–Kier alpha value is -0.580. The molecule has 0 amide bonds. The molecule has 0 heterocycles. The number of halogens is 1. The van der Waals surface area contributed by atoms with Crippen LogP contribution in [-0.4, -0.2) is 25.4 Å². The van der Waals surface area contributed by atoms with Gasteiger partial charge in [0.25, 0.3) is 0 Å². The Morgan fingerprint density at radius 3 is 2.88 bits per heavy atom. The zero-order valence-electron chi connectivity index (χ0n) is 9.72. The molecule has 0 fully saturated rings. The maximum Gasteiger partial charge on any atom is 0.123 e. The van der Waals surface area contributed by atoms with Crippen LogP contribution in [0.3, 0.4) is 0 Å². The number of ether oxygens (including phenoxy) is 1. The maximum atomic E-state index is 9.84. The number of benzene rings is 1. The highest BCUT2D eigenvalue weighted by Crippen LogP contribution is 2.26. The Labute approximate surface area is 105 Å².